The molecule has 3 heterocycles. The zero-order valence-corrected chi connectivity index (χ0v) is 14.0. The molecule has 23 heavy (non-hydrogen) atoms. The summed E-state index contributed by atoms with van der Waals surface area (Å²) < 4.78 is 9.29. The van der Waals surface area contributed by atoms with E-state index in [1.807, 2.05) is 41.0 Å². The standard InChI is InChI=1S/C17H24N4O2/c1-17(23-3)7-6-11-21(12-8-17)16(22)14-13-18-19(2)15(14)20-9-4-5-10-20/h4-5,9-10,13H,6-8,11-12H2,1-3H3. The molecular formula is C17H24N4O2. The molecule has 124 valence electrons. The predicted octanol–water partition coefficient (Wildman–Crippen LogP) is 2.24. The maximum atomic E-state index is 13.0. The molecule has 1 aliphatic heterocycles. The molecule has 6 heteroatoms. The van der Waals surface area contributed by atoms with Crippen LogP contribution in [0.4, 0.5) is 0 Å². The van der Waals surface area contributed by atoms with Crippen LogP contribution in [0.25, 0.3) is 5.82 Å². The largest absolute Gasteiger partial charge is 0.378 e. The zero-order valence-electron chi connectivity index (χ0n) is 14.0. The van der Waals surface area contributed by atoms with Crippen molar-refractivity contribution in [3.05, 3.63) is 36.3 Å². The number of carbonyl (C=O) groups is 1. The molecule has 0 radical (unpaired) electrons. The van der Waals surface area contributed by atoms with Gasteiger partial charge in [-0.15, -0.1) is 0 Å². The van der Waals surface area contributed by atoms with Crippen LogP contribution in [0.2, 0.25) is 0 Å². The number of aromatic nitrogens is 3. The summed E-state index contributed by atoms with van der Waals surface area (Å²) >= 11 is 0. The third kappa shape index (κ3) is 3.03. The quantitative estimate of drug-likeness (QED) is 0.872. The first-order valence-corrected chi connectivity index (χ1v) is 8.04. The summed E-state index contributed by atoms with van der Waals surface area (Å²) in [4.78, 5) is 14.9. The van der Waals surface area contributed by atoms with E-state index in [1.165, 1.54) is 0 Å². The molecule has 0 aromatic carbocycles. The number of carbonyl (C=O) groups excluding carboxylic acids is 1. The molecule has 1 unspecified atom stereocenters. The van der Waals surface area contributed by atoms with Crippen molar-refractivity contribution in [2.75, 3.05) is 20.2 Å². The second kappa shape index (κ2) is 6.20. The van der Waals surface area contributed by atoms with Crippen LogP contribution < -0.4 is 0 Å². The Kier molecular flexibility index (Phi) is 4.26. The first kappa shape index (κ1) is 15.8. The van der Waals surface area contributed by atoms with Crippen molar-refractivity contribution in [3.63, 3.8) is 0 Å². The smallest absolute Gasteiger partial charge is 0.259 e. The van der Waals surface area contributed by atoms with Gasteiger partial charge in [0.25, 0.3) is 5.91 Å². The van der Waals surface area contributed by atoms with Gasteiger partial charge in [0.1, 0.15) is 11.4 Å². The maximum absolute atomic E-state index is 13.0. The van der Waals surface area contributed by atoms with E-state index in [0.717, 1.165) is 31.6 Å². The van der Waals surface area contributed by atoms with E-state index in [2.05, 4.69) is 12.0 Å². The normalized spacial score (nSPS) is 22.1. The van der Waals surface area contributed by atoms with Gasteiger partial charge in [0.05, 0.1) is 11.8 Å². The molecule has 0 N–H and O–H groups in total. The van der Waals surface area contributed by atoms with Crippen LogP contribution in [-0.4, -0.2) is 51.0 Å². The number of hydrogen-bond acceptors (Lipinski definition) is 3. The third-order valence-electron chi connectivity index (χ3n) is 4.81. The van der Waals surface area contributed by atoms with Crippen LogP contribution in [0.15, 0.2) is 30.7 Å². The van der Waals surface area contributed by atoms with E-state index in [1.54, 1.807) is 18.0 Å². The van der Waals surface area contributed by atoms with E-state index in [-0.39, 0.29) is 11.5 Å². The van der Waals surface area contributed by atoms with Gasteiger partial charge in [-0.05, 0) is 38.3 Å². The molecular weight excluding hydrogens is 292 g/mol. The fourth-order valence-corrected chi connectivity index (χ4v) is 3.19. The van der Waals surface area contributed by atoms with Crippen LogP contribution >= 0.6 is 0 Å². The Morgan fingerprint density at radius 1 is 1.26 bits per heavy atom. The monoisotopic (exact) mass is 316 g/mol. The number of aryl methyl sites for hydroxylation is 1. The summed E-state index contributed by atoms with van der Waals surface area (Å²) in [7, 11) is 3.61. The fraction of sp³-hybridized carbons (Fsp3) is 0.529. The summed E-state index contributed by atoms with van der Waals surface area (Å²) in [6.45, 7) is 3.59. The van der Waals surface area contributed by atoms with Gasteiger partial charge in [-0.3, -0.25) is 9.48 Å². The van der Waals surface area contributed by atoms with Crippen molar-refractivity contribution in [2.45, 2.75) is 31.8 Å². The molecule has 2 aromatic rings. The highest BCUT2D eigenvalue weighted by atomic mass is 16.5. The molecule has 1 atom stereocenters. The molecule has 0 saturated carbocycles. The van der Waals surface area contributed by atoms with Crippen LogP contribution in [0.3, 0.4) is 0 Å². The van der Waals surface area contributed by atoms with E-state index in [9.17, 15) is 4.79 Å². The summed E-state index contributed by atoms with van der Waals surface area (Å²) in [5.74, 6) is 0.848. The van der Waals surface area contributed by atoms with Crippen molar-refractivity contribution < 1.29 is 9.53 Å². The second-order valence-corrected chi connectivity index (χ2v) is 6.40. The Bertz CT molecular complexity index is 677. The first-order valence-electron chi connectivity index (χ1n) is 8.04. The van der Waals surface area contributed by atoms with Gasteiger partial charge in [-0.1, -0.05) is 0 Å². The van der Waals surface area contributed by atoms with Gasteiger partial charge >= 0.3 is 0 Å². The molecule has 3 rings (SSSR count). The Balaban J connectivity index is 1.84. The van der Waals surface area contributed by atoms with Gasteiger partial charge in [0.15, 0.2) is 0 Å². The van der Waals surface area contributed by atoms with Crippen LogP contribution in [0.1, 0.15) is 36.5 Å². The zero-order chi connectivity index (χ0) is 16.4. The highest BCUT2D eigenvalue weighted by Crippen LogP contribution is 2.26. The fourth-order valence-electron chi connectivity index (χ4n) is 3.19. The number of amides is 1. The van der Waals surface area contributed by atoms with Gasteiger partial charge in [-0.2, -0.15) is 5.10 Å². The first-order chi connectivity index (χ1) is 11.0. The lowest BCUT2D eigenvalue weighted by Gasteiger charge is -2.26. The Morgan fingerprint density at radius 3 is 2.70 bits per heavy atom. The van der Waals surface area contributed by atoms with Crippen molar-refractivity contribution in [2.24, 2.45) is 7.05 Å². The molecule has 1 saturated heterocycles. The van der Waals surface area contributed by atoms with Gasteiger partial charge in [0.2, 0.25) is 0 Å². The highest BCUT2D eigenvalue weighted by molar-refractivity contribution is 5.97. The summed E-state index contributed by atoms with van der Waals surface area (Å²) in [5.41, 5.74) is 0.512. The number of likely N-dealkylation sites (tertiary alicyclic amines) is 1. The van der Waals surface area contributed by atoms with Gasteiger partial charge in [-0.25, -0.2) is 0 Å². The molecule has 6 nitrogen and oxygen atoms in total. The summed E-state index contributed by atoms with van der Waals surface area (Å²) in [5, 5.41) is 4.28. The van der Waals surface area contributed by atoms with E-state index >= 15 is 0 Å². The third-order valence-corrected chi connectivity index (χ3v) is 4.81. The van der Waals surface area contributed by atoms with Crippen LogP contribution in [0.5, 0.6) is 0 Å². The minimum atomic E-state index is -0.132. The van der Waals surface area contributed by atoms with Crippen molar-refractivity contribution in [1.82, 2.24) is 19.2 Å². The molecule has 1 aliphatic rings. The SMILES string of the molecule is COC1(C)CCCN(C(=O)c2cnn(C)c2-n2cccc2)CC1. The minimum Gasteiger partial charge on any atom is -0.378 e. The topological polar surface area (TPSA) is 52.3 Å². The molecule has 1 fully saturated rings. The number of rotatable bonds is 3. The average Bonchev–Trinajstić information content (AvgIpc) is 3.14. The number of ether oxygens (including phenoxy) is 1. The minimum absolute atomic E-state index is 0.0437. The molecule has 0 aliphatic carbocycles. The Morgan fingerprint density at radius 2 is 2.00 bits per heavy atom. The molecule has 0 spiro atoms. The molecule has 1 amide bonds. The Labute approximate surface area is 136 Å². The lowest BCUT2D eigenvalue weighted by atomic mass is 9.97. The van der Waals surface area contributed by atoms with Gasteiger partial charge in [0, 0.05) is 39.6 Å². The van der Waals surface area contributed by atoms with Crippen LogP contribution in [-0.2, 0) is 11.8 Å². The lowest BCUT2D eigenvalue weighted by Crippen LogP contribution is -2.34. The van der Waals surface area contributed by atoms with Crippen LogP contribution in [0, 0.1) is 0 Å². The maximum Gasteiger partial charge on any atom is 0.259 e. The number of hydrogen-bond donors (Lipinski definition) is 0. The van der Waals surface area contributed by atoms with E-state index < -0.39 is 0 Å². The van der Waals surface area contributed by atoms with Crippen molar-refractivity contribution in [3.8, 4) is 5.82 Å². The number of nitrogens with zero attached hydrogens (tertiary/aromatic N) is 4. The average molecular weight is 316 g/mol. The van der Waals surface area contributed by atoms with Crippen molar-refractivity contribution in [1.29, 1.82) is 0 Å². The summed E-state index contributed by atoms with van der Waals surface area (Å²) in [6, 6.07) is 3.88. The predicted molar refractivity (Wildman–Crippen MR) is 87.7 cm³/mol. The van der Waals surface area contributed by atoms with E-state index in [4.69, 9.17) is 4.74 Å². The Hall–Kier alpha value is -2.08. The van der Waals surface area contributed by atoms with E-state index in [0.29, 0.717) is 12.1 Å². The van der Waals surface area contributed by atoms with Gasteiger partial charge < -0.3 is 14.2 Å². The molecule has 0 bridgehead atoms. The summed E-state index contributed by atoms with van der Waals surface area (Å²) in [6.07, 6.45) is 8.31. The lowest BCUT2D eigenvalue weighted by molar-refractivity contribution is -0.00537. The molecule has 2 aromatic heterocycles. The second-order valence-electron chi connectivity index (χ2n) is 6.40. The number of methoxy groups -OCH3 is 1. The van der Waals surface area contributed by atoms with Crippen molar-refractivity contribution >= 4 is 5.91 Å². The highest BCUT2D eigenvalue weighted by Gasteiger charge is 2.31.